The van der Waals surface area contributed by atoms with Gasteiger partial charge in [-0.2, -0.15) is 4.98 Å². The van der Waals surface area contributed by atoms with Crippen molar-refractivity contribution in [1.82, 2.24) is 15.0 Å². The maximum Gasteiger partial charge on any atom is 0.238 e. The summed E-state index contributed by atoms with van der Waals surface area (Å²) in [6.07, 6.45) is 5.24. The number of H-pyrrole nitrogens is 1. The van der Waals surface area contributed by atoms with Crippen LogP contribution in [0.25, 0.3) is 11.6 Å². The van der Waals surface area contributed by atoms with Gasteiger partial charge in [0.15, 0.2) is 5.82 Å². The standard InChI is InChI=1S/C13H13N5O.2ClH/c1-2-14-13-17-10(12(19)18-13)6-8-7-16-11-9(8)4-3-5-15-11;;/h3-7,19H,2H2,1H3,(H2,14,17,18);2*1H. The fourth-order valence-electron chi connectivity index (χ4n) is 1.93. The van der Waals surface area contributed by atoms with Gasteiger partial charge in [0.2, 0.25) is 11.8 Å². The van der Waals surface area contributed by atoms with Crippen LogP contribution in [0.4, 0.5) is 11.8 Å². The Balaban J connectivity index is 0.00000110. The fraction of sp³-hybridized carbons (Fsp3) is 0.154. The zero-order chi connectivity index (χ0) is 13.2. The molecule has 0 bridgehead atoms. The molecule has 112 valence electrons. The van der Waals surface area contributed by atoms with Gasteiger partial charge in [0, 0.05) is 30.1 Å². The number of aromatic amines is 1. The number of rotatable bonds is 3. The van der Waals surface area contributed by atoms with Crippen LogP contribution in [0.1, 0.15) is 18.2 Å². The molecule has 3 rings (SSSR count). The van der Waals surface area contributed by atoms with E-state index in [0.29, 0.717) is 17.5 Å². The Labute approximate surface area is 134 Å². The monoisotopic (exact) mass is 327 g/mol. The van der Waals surface area contributed by atoms with E-state index in [1.54, 1.807) is 18.5 Å². The first kappa shape index (κ1) is 17.0. The van der Waals surface area contributed by atoms with Crippen LogP contribution in [0, 0.1) is 0 Å². The highest BCUT2D eigenvalue weighted by molar-refractivity contribution is 6.20. The lowest BCUT2D eigenvalue weighted by Crippen LogP contribution is -1.97. The van der Waals surface area contributed by atoms with Crippen molar-refractivity contribution in [3.8, 4) is 5.88 Å². The number of anilines is 1. The van der Waals surface area contributed by atoms with Gasteiger partial charge >= 0.3 is 0 Å². The van der Waals surface area contributed by atoms with E-state index in [1.807, 2.05) is 19.1 Å². The minimum Gasteiger partial charge on any atom is -0.492 e. The van der Waals surface area contributed by atoms with E-state index in [2.05, 4.69) is 25.3 Å². The summed E-state index contributed by atoms with van der Waals surface area (Å²) in [6, 6.07) is 3.80. The maximum absolute atomic E-state index is 9.78. The van der Waals surface area contributed by atoms with Crippen LogP contribution in [0.2, 0.25) is 0 Å². The topological polar surface area (TPSA) is 86.2 Å². The van der Waals surface area contributed by atoms with Crippen molar-refractivity contribution in [3.63, 3.8) is 0 Å². The number of pyridine rings is 1. The molecule has 21 heavy (non-hydrogen) atoms. The molecule has 3 N–H and O–H groups in total. The number of fused-ring (bicyclic) bond motifs is 1. The second-order valence-electron chi connectivity index (χ2n) is 4.09. The van der Waals surface area contributed by atoms with Crippen molar-refractivity contribution in [2.24, 2.45) is 4.99 Å². The SMILES string of the molecule is CCNc1nc(O)c(C=C2C=Nc3ncccc32)[nH]1.Cl.Cl. The summed E-state index contributed by atoms with van der Waals surface area (Å²) in [4.78, 5) is 15.4. The van der Waals surface area contributed by atoms with Crippen molar-refractivity contribution >= 4 is 54.4 Å². The molecule has 2 aromatic rings. The van der Waals surface area contributed by atoms with Crippen molar-refractivity contribution < 1.29 is 5.11 Å². The zero-order valence-electron chi connectivity index (χ0n) is 11.2. The van der Waals surface area contributed by atoms with Gasteiger partial charge in [0.25, 0.3) is 0 Å². The molecular weight excluding hydrogens is 313 g/mol. The van der Waals surface area contributed by atoms with E-state index in [0.717, 1.165) is 17.7 Å². The third-order valence-corrected chi connectivity index (χ3v) is 2.78. The van der Waals surface area contributed by atoms with Crippen molar-refractivity contribution in [2.75, 3.05) is 11.9 Å². The third kappa shape index (κ3) is 3.34. The summed E-state index contributed by atoms with van der Waals surface area (Å²) in [5, 5.41) is 12.8. The number of hydrogen-bond acceptors (Lipinski definition) is 5. The molecule has 0 spiro atoms. The Morgan fingerprint density at radius 1 is 1.38 bits per heavy atom. The van der Waals surface area contributed by atoms with Gasteiger partial charge in [-0.25, -0.2) is 9.98 Å². The average molecular weight is 328 g/mol. The first-order chi connectivity index (χ1) is 9.28. The van der Waals surface area contributed by atoms with Crippen LogP contribution in [-0.2, 0) is 0 Å². The molecule has 2 aromatic heterocycles. The van der Waals surface area contributed by atoms with E-state index >= 15 is 0 Å². The lowest BCUT2D eigenvalue weighted by Gasteiger charge is -1.97. The van der Waals surface area contributed by atoms with Crippen molar-refractivity contribution in [3.05, 3.63) is 29.6 Å². The Morgan fingerprint density at radius 2 is 2.19 bits per heavy atom. The molecule has 0 radical (unpaired) electrons. The first-order valence-electron chi connectivity index (χ1n) is 6.02. The normalized spacial score (nSPS) is 13.5. The summed E-state index contributed by atoms with van der Waals surface area (Å²) in [5.41, 5.74) is 2.39. The largest absolute Gasteiger partial charge is 0.492 e. The average Bonchev–Trinajstić information content (AvgIpc) is 2.96. The van der Waals surface area contributed by atoms with Crippen LogP contribution in [0.5, 0.6) is 5.88 Å². The molecule has 0 amide bonds. The minimum absolute atomic E-state index is 0. The van der Waals surface area contributed by atoms with E-state index < -0.39 is 0 Å². The molecule has 3 heterocycles. The molecular formula is C13H15Cl2N5O. The van der Waals surface area contributed by atoms with E-state index in [9.17, 15) is 5.11 Å². The molecule has 0 saturated heterocycles. The summed E-state index contributed by atoms with van der Waals surface area (Å²) in [5.74, 6) is 1.21. The Kier molecular flexibility index (Phi) is 5.75. The number of nitrogens with zero attached hydrogens (tertiary/aromatic N) is 3. The van der Waals surface area contributed by atoms with Gasteiger partial charge in [-0.15, -0.1) is 24.8 Å². The lowest BCUT2D eigenvalue weighted by molar-refractivity contribution is 0.455. The number of aliphatic imine (C=N–C) groups is 1. The molecule has 0 atom stereocenters. The summed E-state index contributed by atoms with van der Waals surface area (Å²) < 4.78 is 0. The number of aromatic hydroxyl groups is 1. The quantitative estimate of drug-likeness (QED) is 0.808. The Morgan fingerprint density at radius 3 is 2.95 bits per heavy atom. The second kappa shape index (κ2) is 7.10. The summed E-state index contributed by atoms with van der Waals surface area (Å²) >= 11 is 0. The molecule has 0 aromatic carbocycles. The Bertz CT molecular complexity index is 681. The highest BCUT2D eigenvalue weighted by Gasteiger charge is 2.14. The second-order valence-corrected chi connectivity index (χ2v) is 4.09. The summed E-state index contributed by atoms with van der Waals surface area (Å²) in [7, 11) is 0. The smallest absolute Gasteiger partial charge is 0.238 e. The first-order valence-corrected chi connectivity index (χ1v) is 6.02. The lowest BCUT2D eigenvalue weighted by atomic mass is 10.1. The molecule has 8 heteroatoms. The van der Waals surface area contributed by atoms with Crippen molar-refractivity contribution in [2.45, 2.75) is 6.92 Å². The number of allylic oxidation sites excluding steroid dienone is 1. The number of halogens is 2. The highest BCUT2D eigenvalue weighted by atomic mass is 35.5. The van der Waals surface area contributed by atoms with Gasteiger partial charge < -0.3 is 15.4 Å². The van der Waals surface area contributed by atoms with Crippen LogP contribution >= 0.6 is 24.8 Å². The predicted molar refractivity (Wildman–Crippen MR) is 89.2 cm³/mol. The molecule has 6 nitrogen and oxygen atoms in total. The van der Waals surface area contributed by atoms with Crippen LogP contribution in [0.3, 0.4) is 0 Å². The van der Waals surface area contributed by atoms with Crippen molar-refractivity contribution in [1.29, 1.82) is 0 Å². The van der Waals surface area contributed by atoms with E-state index in [-0.39, 0.29) is 30.7 Å². The molecule has 1 aliphatic heterocycles. The highest BCUT2D eigenvalue weighted by Crippen LogP contribution is 2.31. The summed E-state index contributed by atoms with van der Waals surface area (Å²) in [6.45, 7) is 2.69. The van der Waals surface area contributed by atoms with Gasteiger partial charge in [-0.3, -0.25) is 0 Å². The number of imidazole rings is 1. The third-order valence-electron chi connectivity index (χ3n) is 2.78. The van der Waals surface area contributed by atoms with Gasteiger partial charge in [0.05, 0.1) is 0 Å². The number of hydrogen-bond donors (Lipinski definition) is 3. The van der Waals surface area contributed by atoms with Gasteiger partial charge in [-0.1, -0.05) is 0 Å². The molecule has 1 aliphatic rings. The van der Waals surface area contributed by atoms with E-state index in [1.165, 1.54) is 0 Å². The zero-order valence-corrected chi connectivity index (χ0v) is 12.8. The van der Waals surface area contributed by atoms with Gasteiger partial charge in [0.1, 0.15) is 5.69 Å². The maximum atomic E-state index is 9.78. The van der Waals surface area contributed by atoms with Gasteiger partial charge in [-0.05, 0) is 25.1 Å². The van der Waals surface area contributed by atoms with Crippen LogP contribution < -0.4 is 5.32 Å². The van der Waals surface area contributed by atoms with Crippen LogP contribution in [0.15, 0.2) is 23.3 Å². The Hall–Kier alpha value is -2.05. The number of aromatic nitrogens is 3. The fourth-order valence-corrected chi connectivity index (χ4v) is 1.93. The van der Waals surface area contributed by atoms with Crippen LogP contribution in [-0.4, -0.2) is 32.8 Å². The molecule has 0 unspecified atom stereocenters. The molecule has 0 aliphatic carbocycles. The predicted octanol–water partition coefficient (Wildman–Crippen LogP) is 3.04. The number of nitrogens with one attached hydrogen (secondary N) is 2. The minimum atomic E-state index is -0.0332. The van der Waals surface area contributed by atoms with E-state index in [4.69, 9.17) is 0 Å². The molecule has 0 saturated carbocycles. The molecule has 0 fully saturated rings.